The molecule has 18 heavy (non-hydrogen) atoms. The molecule has 0 amide bonds. The van der Waals surface area contributed by atoms with Crippen molar-refractivity contribution in [2.75, 3.05) is 0 Å². The van der Waals surface area contributed by atoms with E-state index in [0.29, 0.717) is 10.6 Å². The first kappa shape index (κ1) is 11.5. The van der Waals surface area contributed by atoms with Crippen LogP contribution in [0.5, 0.6) is 0 Å². The van der Waals surface area contributed by atoms with Crippen LogP contribution in [0.2, 0.25) is 5.02 Å². The zero-order valence-electron chi connectivity index (χ0n) is 9.39. The van der Waals surface area contributed by atoms with Crippen LogP contribution < -0.4 is 0 Å². The van der Waals surface area contributed by atoms with E-state index in [4.69, 9.17) is 11.6 Å². The van der Waals surface area contributed by atoms with E-state index >= 15 is 0 Å². The summed E-state index contributed by atoms with van der Waals surface area (Å²) in [4.78, 5) is 12.0. The number of hydrogen-bond acceptors (Lipinski definition) is 2. The van der Waals surface area contributed by atoms with Crippen LogP contribution in [0.25, 0.3) is 20.5 Å². The maximum absolute atomic E-state index is 10.9. The Labute approximate surface area is 114 Å². The van der Waals surface area contributed by atoms with Crippen LogP contribution in [0.1, 0.15) is 10.4 Å². The van der Waals surface area contributed by atoms with Gasteiger partial charge in [-0.1, -0.05) is 29.8 Å². The van der Waals surface area contributed by atoms with Gasteiger partial charge in [0, 0.05) is 20.2 Å². The fraction of sp³-hybridized carbons (Fsp3) is 0. The minimum absolute atomic E-state index is 0.590. The van der Waals surface area contributed by atoms with Crippen molar-refractivity contribution in [3.05, 3.63) is 59.1 Å². The van der Waals surface area contributed by atoms with Gasteiger partial charge in [0.1, 0.15) is 6.29 Å². The van der Waals surface area contributed by atoms with Gasteiger partial charge in [-0.25, -0.2) is 0 Å². The number of aldehydes is 1. The predicted molar refractivity (Wildman–Crippen MR) is 77.7 cm³/mol. The quantitative estimate of drug-likeness (QED) is 0.598. The van der Waals surface area contributed by atoms with E-state index < -0.39 is 0 Å². The standard InChI is InChI=1S/C15H9ClOS/c16-13-6-10(9-17)5-12(7-13)15-8-11-3-1-2-4-14(11)18-15/h1-9H. The first-order valence-electron chi connectivity index (χ1n) is 5.51. The fourth-order valence-corrected chi connectivity index (χ4v) is 3.24. The molecule has 3 rings (SSSR count). The molecule has 2 aromatic carbocycles. The summed E-state index contributed by atoms with van der Waals surface area (Å²) < 4.78 is 1.24. The van der Waals surface area contributed by atoms with Crippen molar-refractivity contribution in [3.8, 4) is 10.4 Å². The van der Waals surface area contributed by atoms with Crippen LogP contribution in [0.3, 0.4) is 0 Å². The highest BCUT2D eigenvalue weighted by molar-refractivity contribution is 7.22. The summed E-state index contributed by atoms with van der Waals surface area (Å²) in [6, 6.07) is 15.8. The number of carbonyl (C=O) groups excluding carboxylic acids is 1. The maximum atomic E-state index is 10.9. The summed E-state index contributed by atoms with van der Waals surface area (Å²) in [5.41, 5.74) is 1.60. The molecule has 1 aromatic heterocycles. The molecule has 0 saturated carbocycles. The number of halogens is 1. The molecular weight excluding hydrogens is 264 g/mol. The number of fused-ring (bicyclic) bond motifs is 1. The zero-order chi connectivity index (χ0) is 12.5. The molecule has 1 nitrogen and oxygen atoms in total. The van der Waals surface area contributed by atoms with Crippen molar-refractivity contribution >= 4 is 39.3 Å². The first-order valence-corrected chi connectivity index (χ1v) is 6.70. The van der Waals surface area contributed by atoms with Gasteiger partial charge in [0.2, 0.25) is 0 Å². The number of benzene rings is 2. The minimum atomic E-state index is 0.590. The predicted octanol–water partition coefficient (Wildman–Crippen LogP) is 5.03. The van der Waals surface area contributed by atoms with Gasteiger partial charge in [0.05, 0.1) is 0 Å². The van der Waals surface area contributed by atoms with Gasteiger partial charge in [-0.15, -0.1) is 11.3 Å². The molecule has 0 fully saturated rings. The number of carbonyl (C=O) groups is 1. The smallest absolute Gasteiger partial charge is 0.150 e. The second kappa shape index (κ2) is 4.56. The second-order valence-corrected chi connectivity index (χ2v) is 5.56. The largest absolute Gasteiger partial charge is 0.298 e. The lowest BCUT2D eigenvalue weighted by molar-refractivity contribution is 0.112. The zero-order valence-corrected chi connectivity index (χ0v) is 11.0. The van der Waals surface area contributed by atoms with Crippen molar-refractivity contribution in [2.45, 2.75) is 0 Å². The van der Waals surface area contributed by atoms with Crippen molar-refractivity contribution in [2.24, 2.45) is 0 Å². The van der Waals surface area contributed by atoms with Crippen molar-refractivity contribution in [3.63, 3.8) is 0 Å². The molecule has 0 saturated heterocycles. The van der Waals surface area contributed by atoms with Crippen LogP contribution in [-0.2, 0) is 0 Å². The van der Waals surface area contributed by atoms with Gasteiger partial charge in [-0.2, -0.15) is 0 Å². The SMILES string of the molecule is O=Cc1cc(Cl)cc(-c2cc3ccccc3s2)c1. The lowest BCUT2D eigenvalue weighted by Crippen LogP contribution is -1.81. The molecule has 0 bridgehead atoms. The lowest BCUT2D eigenvalue weighted by Gasteiger charge is -2.00. The third-order valence-corrected chi connectivity index (χ3v) is 4.15. The molecule has 3 aromatic rings. The van der Waals surface area contributed by atoms with Crippen LogP contribution in [0.15, 0.2) is 48.5 Å². The highest BCUT2D eigenvalue weighted by Gasteiger charge is 2.06. The Hall–Kier alpha value is -1.64. The number of rotatable bonds is 2. The Kier molecular flexibility index (Phi) is 2.90. The van der Waals surface area contributed by atoms with Crippen LogP contribution in [-0.4, -0.2) is 6.29 Å². The van der Waals surface area contributed by atoms with E-state index in [2.05, 4.69) is 18.2 Å². The van der Waals surface area contributed by atoms with Crippen LogP contribution >= 0.6 is 22.9 Å². The first-order chi connectivity index (χ1) is 8.76. The Bertz CT molecular complexity index is 697. The van der Waals surface area contributed by atoms with Crippen molar-refractivity contribution < 1.29 is 4.79 Å². The Morgan fingerprint density at radius 3 is 2.67 bits per heavy atom. The van der Waals surface area contributed by atoms with E-state index in [1.165, 1.54) is 10.1 Å². The van der Waals surface area contributed by atoms with Gasteiger partial charge in [-0.05, 0) is 41.3 Å². The summed E-state index contributed by atoms with van der Waals surface area (Å²) in [6.07, 6.45) is 0.822. The van der Waals surface area contributed by atoms with Crippen molar-refractivity contribution in [1.29, 1.82) is 0 Å². The third kappa shape index (κ3) is 2.05. The summed E-state index contributed by atoms with van der Waals surface area (Å²) in [6.45, 7) is 0. The highest BCUT2D eigenvalue weighted by Crippen LogP contribution is 2.34. The number of thiophene rings is 1. The van der Waals surface area contributed by atoms with E-state index in [1.807, 2.05) is 24.3 Å². The van der Waals surface area contributed by atoms with Crippen LogP contribution in [0.4, 0.5) is 0 Å². The monoisotopic (exact) mass is 272 g/mol. The maximum Gasteiger partial charge on any atom is 0.150 e. The van der Waals surface area contributed by atoms with Gasteiger partial charge in [-0.3, -0.25) is 4.79 Å². The molecule has 0 spiro atoms. The topological polar surface area (TPSA) is 17.1 Å². The summed E-state index contributed by atoms with van der Waals surface area (Å²) >= 11 is 7.73. The van der Waals surface area contributed by atoms with Gasteiger partial charge in [0.15, 0.2) is 0 Å². The highest BCUT2D eigenvalue weighted by atomic mass is 35.5. The van der Waals surface area contributed by atoms with Crippen molar-refractivity contribution in [1.82, 2.24) is 0 Å². The van der Waals surface area contributed by atoms with E-state index in [-0.39, 0.29) is 0 Å². The van der Waals surface area contributed by atoms with Gasteiger partial charge >= 0.3 is 0 Å². The Morgan fingerprint density at radius 2 is 1.89 bits per heavy atom. The van der Waals surface area contributed by atoms with E-state index in [1.54, 1.807) is 17.4 Å². The average Bonchev–Trinajstić information content (AvgIpc) is 2.81. The number of hydrogen-bond donors (Lipinski definition) is 0. The molecule has 0 aliphatic carbocycles. The normalized spacial score (nSPS) is 10.7. The Morgan fingerprint density at radius 1 is 1.06 bits per heavy atom. The molecule has 3 heteroatoms. The van der Waals surface area contributed by atoms with Crippen LogP contribution in [0, 0.1) is 0 Å². The summed E-state index contributed by atoms with van der Waals surface area (Å²) in [5, 5.41) is 1.80. The average molecular weight is 273 g/mol. The van der Waals surface area contributed by atoms with Gasteiger partial charge in [0.25, 0.3) is 0 Å². The molecule has 0 atom stereocenters. The van der Waals surface area contributed by atoms with Gasteiger partial charge < -0.3 is 0 Å². The van der Waals surface area contributed by atoms with E-state index in [0.717, 1.165) is 16.7 Å². The molecule has 0 unspecified atom stereocenters. The minimum Gasteiger partial charge on any atom is -0.298 e. The summed E-state index contributed by atoms with van der Waals surface area (Å²) in [5.74, 6) is 0. The molecule has 0 N–H and O–H groups in total. The molecular formula is C15H9ClOS. The molecule has 1 heterocycles. The lowest BCUT2D eigenvalue weighted by atomic mass is 10.1. The Balaban J connectivity index is 2.19. The molecule has 88 valence electrons. The third-order valence-electron chi connectivity index (χ3n) is 2.77. The molecule has 0 radical (unpaired) electrons. The van der Waals surface area contributed by atoms with E-state index in [9.17, 15) is 4.79 Å². The molecule has 0 aliphatic heterocycles. The summed E-state index contributed by atoms with van der Waals surface area (Å²) in [7, 11) is 0. The fourth-order valence-electron chi connectivity index (χ4n) is 1.95. The molecule has 0 aliphatic rings. The second-order valence-electron chi connectivity index (χ2n) is 4.04.